The van der Waals surface area contributed by atoms with Crippen molar-refractivity contribution in [2.24, 2.45) is 0 Å². The molecular weight excluding hydrogens is 535 g/mol. The van der Waals surface area contributed by atoms with Crippen molar-refractivity contribution in [1.29, 1.82) is 0 Å². The number of anilines is 1. The number of aromatic nitrogens is 3. The van der Waals surface area contributed by atoms with E-state index >= 15 is 0 Å². The van der Waals surface area contributed by atoms with Crippen molar-refractivity contribution in [3.05, 3.63) is 75.6 Å². The molecule has 0 saturated carbocycles. The summed E-state index contributed by atoms with van der Waals surface area (Å²) in [6.07, 6.45) is 0. The standard InChI is InChI=1S/C24H23IN4O2S/c1-3-29-22(14-31-21-10-6-8-17-7-4-5-9-19(17)21)27-28-24(29)32-15-23(30)26-20-12-11-18(25)13-16(20)2/h4-13H,3,14-15H2,1-2H3,(H,26,30). The molecule has 0 aliphatic heterocycles. The molecule has 0 spiro atoms. The number of benzene rings is 3. The fourth-order valence-corrected chi connectivity index (χ4v) is 4.87. The van der Waals surface area contributed by atoms with Gasteiger partial charge in [-0.2, -0.15) is 0 Å². The van der Waals surface area contributed by atoms with Crippen LogP contribution in [0, 0.1) is 10.5 Å². The molecule has 0 atom stereocenters. The molecule has 1 aromatic heterocycles. The van der Waals surface area contributed by atoms with E-state index in [2.05, 4.69) is 50.2 Å². The van der Waals surface area contributed by atoms with Crippen molar-refractivity contribution in [2.45, 2.75) is 32.2 Å². The Morgan fingerprint density at radius 2 is 1.94 bits per heavy atom. The van der Waals surface area contributed by atoms with Crippen LogP contribution < -0.4 is 10.1 Å². The van der Waals surface area contributed by atoms with Crippen LogP contribution in [-0.2, 0) is 17.9 Å². The van der Waals surface area contributed by atoms with Crippen molar-refractivity contribution in [1.82, 2.24) is 14.8 Å². The number of thioether (sulfide) groups is 1. The fraction of sp³-hybridized carbons (Fsp3) is 0.208. The predicted molar refractivity (Wildman–Crippen MR) is 137 cm³/mol. The van der Waals surface area contributed by atoms with E-state index in [0.29, 0.717) is 18.3 Å². The highest BCUT2D eigenvalue weighted by Gasteiger charge is 2.15. The topological polar surface area (TPSA) is 69.0 Å². The number of ether oxygens (including phenoxy) is 1. The summed E-state index contributed by atoms with van der Waals surface area (Å²) in [6.45, 7) is 5.02. The summed E-state index contributed by atoms with van der Waals surface area (Å²) in [5.41, 5.74) is 1.87. The van der Waals surface area contributed by atoms with Gasteiger partial charge in [0.2, 0.25) is 5.91 Å². The van der Waals surface area contributed by atoms with Gasteiger partial charge in [0.05, 0.1) is 5.75 Å². The second-order valence-electron chi connectivity index (χ2n) is 7.21. The lowest BCUT2D eigenvalue weighted by molar-refractivity contribution is -0.113. The van der Waals surface area contributed by atoms with E-state index in [1.54, 1.807) is 0 Å². The van der Waals surface area contributed by atoms with E-state index in [1.165, 1.54) is 11.8 Å². The largest absolute Gasteiger partial charge is 0.485 e. The molecule has 0 aliphatic rings. The molecule has 0 bridgehead atoms. The molecule has 0 aliphatic carbocycles. The first-order valence-corrected chi connectivity index (χ1v) is 12.3. The van der Waals surface area contributed by atoms with Crippen molar-refractivity contribution in [3.8, 4) is 5.75 Å². The smallest absolute Gasteiger partial charge is 0.234 e. The molecule has 8 heteroatoms. The maximum absolute atomic E-state index is 12.4. The molecule has 3 aromatic carbocycles. The van der Waals surface area contributed by atoms with Crippen LogP contribution in [0.3, 0.4) is 0 Å². The molecule has 0 saturated heterocycles. The fourth-order valence-electron chi connectivity index (χ4n) is 3.40. The molecule has 1 amide bonds. The van der Waals surface area contributed by atoms with Crippen LogP contribution in [0.15, 0.2) is 65.8 Å². The van der Waals surface area contributed by atoms with Crippen molar-refractivity contribution >= 4 is 56.7 Å². The Labute approximate surface area is 204 Å². The van der Waals surface area contributed by atoms with Gasteiger partial charge in [0.25, 0.3) is 0 Å². The number of rotatable bonds is 8. The number of hydrogen-bond acceptors (Lipinski definition) is 5. The maximum atomic E-state index is 12.4. The van der Waals surface area contributed by atoms with Crippen molar-refractivity contribution in [2.75, 3.05) is 11.1 Å². The number of carbonyl (C=O) groups is 1. The van der Waals surface area contributed by atoms with Crippen LogP contribution in [0.1, 0.15) is 18.3 Å². The molecule has 0 radical (unpaired) electrons. The number of aryl methyl sites for hydroxylation is 1. The molecule has 164 valence electrons. The van der Waals surface area contributed by atoms with Crippen LogP contribution in [0.4, 0.5) is 5.69 Å². The lowest BCUT2D eigenvalue weighted by Crippen LogP contribution is -2.15. The SMILES string of the molecule is CCn1c(COc2cccc3ccccc23)nnc1SCC(=O)Nc1ccc(I)cc1C. The molecule has 0 fully saturated rings. The summed E-state index contributed by atoms with van der Waals surface area (Å²) in [4.78, 5) is 12.4. The highest BCUT2D eigenvalue weighted by atomic mass is 127. The summed E-state index contributed by atoms with van der Waals surface area (Å²) in [5, 5.41) is 14.5. The number of halogens is 1. The minimum atomic E-state index is -0.0708. The van der Waals surface area contributed by atoms with Gasteiger partial charge < -0.3 is 14.6 Å². The van der Waals surface area contributed by atoms with Crippen LogP contribution in [0.2, 0.25) is 0 Å². The minimum Gasteiger partial charge on any atom is -0.485 e. The molecule has 1 N–H and O–H groups in total. The summed E-state index contributed by atoms with van der Waals surface area (Å²) in [6, 6.07) is 20.1. The zero-order valence-corrected chi connectivity index (χ0v) is 20.8. The number of hydrogen-bond donors (Lipinski definition) is 1. The maximum Gasteiger partial charge on any atom is 0.234 e. The van der Waals surface area contributed by atoms with Gasteiger partial charge in [-0.25, -0.2) is 0 Å². The van der Waals surface area contributed by atoms with Gasteiger partial charge in [0.15, 0.2) is 11.0 Å². The van der Waals surface area contributed by atoms with E-state index < -0.39 is 0 Å². The lowest BCUT2D eigenvalue weighted by Gasteiger charge is -2.11. The second-order valence-corrected chi connectivity index (χ2v) is 9.39. The van der Waals surface area contributed by atoms with Crippen molar-refractivity contribution < 1.29 is 9.53 Å². The van der Waals surface area contributed by atoms with Crippen LogP contribution >= 0.6 is 34.4 Å². The Hall–Kier alpha value is -2.59. The van der Waals surface area contributed by atoms with Gasteiger partial charge in [-0.05, 0) is 71.7 Å². The Kier molecular flexibility index (Phi) is 7.31. The molecular formula is C24H23IN4O2S. The molecule has 6 nitrogen and oxygen atoms in total. The molecule has 0 unspecified atom stereocenters. The van der Waals surface area contributed by atoms with E-state index in [4.69, 9.17) is 4.74 Å². The minimum absolute atomic E-state index is 0.0708. The third-order valence-corrected chi connectivity index (χ3v) is 6.65. The average Bonchev–Trinajstić information content (AvgIpc) is 3.20. The molecule has 32 heavy (non-hydrogen) atoms. The van der Waals surface area contributed by atoms with Crippen LogP contribution in [-0.4, -0.2) is 26.4 Å². The predicted octanol–water partition coefficient (Wildman–Crippen LogP) is 5.67. The Bertz CT molecular complexity index is 1250. The number of fused-ring (bicyclic) bond motifs is 1. The average molecular weight is 558 g/mol. The normalized spacial score (nSPS) is 11.0. The lowest BCUT2D eigenvalue weighted by atomic mass is 10.1. The summed E-state index contributed by atoms with van der Waals surface area (Å²) in [7, 11) is 0. The van der Waals surface area contributed by atoms with Gasteiger partial charge >= 0.3 is 0 Å². The van der Waals surface area contributed by atoms with Gasteiger partial charge in [0, 0.05) is 21.2 Å². The summed E-state index contributed by atoms with van der Waals surface area (Å²) >= 11 is 3.63. The molecule has 4 aromatic rings. The first kappa shape index (κ1) is 22.6. The van der Waals surface area contributed by atoms with Gasteiger partial charge in [0.1, 0.15) is 12.4 Å². The molecule has 4 rings (SSSR count). The van der Waals surface area contributed by atoms with Gasteiger partial charge in [-0.3, -0.25) is 4.79 Å². The monoisotopic (exact) mass is 558 g/mol. The second kappa shape index (κ2) is 10.4. The van der Waals surface area contributed by atoms with Crippen LogP contribution in [0.25, 0.3) is 10.8 Å². The first-order valence-electron chi connectivity index (χ1n) is 10.3. The first-order chi connectivity index (χ1) is 15.5. The number of carbonyl (C=O) groups excluding carboxylic acids is 1. The van der Waals surface area contributed by atoms with E-state index in [9.17, 15) is 4.79 Å². The Morgan fingerprint density at radius 1 is 1.12 bits per heavy atom. The Morgan fingerprint density at radius 3 is 2.75 bits per heavy atom. The Balaban J connectivity index is 1.40. The van der Waals surface area contributed by atoms with E-state index in [-0.39, 0.29) is 11.7 Å². The van der Waals surface area contributed by atoms with Crippen molar-refractivity contribution in [3.63, 3.8) is 0 Å². The zero-order valence-electron chi connectivity index (χ0n) is 17.8. The summed E-state index contributed by atoms with van der Waals surface area (Å²) in [5.74, 6) is 1.74. The number of nitrogens with one attached hydrogen (secondary N) is 1. The third kappa shape index (κ3) is 5.24. The zero-order chi connectivity index (χ0) is 22.5. The van der Waals surface area contributed by atoms with E-state index in [0.717, 1.165) is 37.2 Å². The quantitative estimate of drug-likeness (QED) is 0.223. The van der Waals surface area contributed by atoms with Crippen LogP contribution in [0.5, 0.6) is 5.75 Å². The third-order valence-electron chi connectivity index (χ3n) is 5.01. The van der Waals surface area contributed by atoms with Gasteiger partial charge in [-0.15, -0.1) is 10.2 Å². The number of amides is 1. The highest BCUT2D eigenvalue weighted by Crippen LogP contribution is 2.26. The highest BCUT2D eigenvalue weighted by molar-refractivity contribution is 14.1. The summed E-state index contributed by atoms with van der Waals surface area (Å²) < 4.78 is 9.20. The van der Waals surface area contributed by atoms with E-state index in [1.807, 2.05) is 66.9 Å². The number of nitrogens with zero attached hydrogens (tertiary/aromatic N) is 3. The van der Waals surface area contributed by atoms with Gasteiger partial charge in [-0.1, -0.05) is 48.2 Å². The molecule has 1 heterocycles.